The van der Waals surface area contributed by atoms with Crippen LogP contribution >= 0.6 is 23.5 Å². The average molecular weight is 198 g/mol. The second-order valence-corrected chi connectivity index (χ2v) is 6.46. The SMILES string of the molecule is O=C1[C@H]2CC=C[C@H]2C12SCCS2. The number of rotatable bonds is 0. The molecule has 1 nitrogen and oxygen atoms in total. The van der Waals surface area contributed by atoms with Gasteiger partial charge in [0.2, 0.25) is 0 Å². The van der Waals surface area contributed by atoms with Crippen LogP contribution in [-0.4, -0.2) is 21.4 Å². The van der Waals surface area contributed by atoms with Gasteiger partial charge < -0.3 is 0 Å². The molecule has 1 aliphatic heterocycles. The topological polar surface area (TPSA) is 17.1 Å². The molecule has 2 aliphatic carbocycles. The van der Waals surface area contributed by atoms with E-state index in [0.717, 1.165) is 17.9 Å². The summed E-state index contributed by atoms with van der Waals surface area (Å²) in [6.07, 6.45) is 5.45. The molecule has 1 saturated heterocycles. The van der Waals surface area contributed by atoms with Crippen LogP contribution in [0.4, 0.5) is 0 Å². The number of hydrogen-bond donors (Lipinski definition) is 0. The summed E-state index contributed by atoms with van der Waals surface area (Å²) in [4.78, 5) is 11.8. The van der Waals surface area contributed by atoms with Crippen molar-refractivity contribution in [2.45, 2.75) is 10.5 Å². The zero-order valence-electron chi connectivity index (χ0n) is 6.66. The van der Waals surface area contributed by atoms with Crippen LogP contribution in [0.3, 0.4) is 0 Å². The lowest BCUT2D eigenvalue weighted by molar-refractivity contribution is -0.131. The monoisotopic (exact) mass is 198 g/mol. The number of hydrogen-bond acceptors (Lipinski definition) is 3. The highest BCUT2D eigenvalue weighted by Gasteiger charge is 2.63. The Hall–Kier alpha value is 0.110. The predicted molar refractivity (Wildman–Crippen MR) is 53.4 cm³/mol. The standard InChI is InChI=1S/C9H10OS2/c10-8-6-2-1-3-7(6)9(8)11-4-5-12-9/h1,3,6-7H,2,4-5H2/t6-,7+/m0/s1. The fourth-order valence-corrected chi connectivity index (χ4v) is 5.97. The lowest BCUT2D eigenvalue weighted by Crippen LogP contribution is -2.55. The Labute approximate surface area is 80.4 Å². The zero-order chi connectivity index (χ0) is 8.18. The molecular formula is C9H10OS2. The third-order valence-electron chi connectivity index (χ3n) is 3.00. The maximum absolute atomic E-state index is 11.8. The summed E-state index contributed by atoms with van der Waals surface area (Å²) < 4.78 is -0.0162. The van der Waals surface area contributed by atoms with Crippen molar-refractivity contribution >= 4 is 29.3 Å². The van der Waals surface area contributed by atoms with Crippen molar-refractivity contribution in [2.75, 3.05) is 11.5 Å². The van der Waals surface area contributed by atoms with Crippen LogP contribution in [0.5, 0.6) is 0 Å². The van der Waals surface area contributed by atoms with Crippen LogP contribution < -0.4 is 0 Å². The Morgan fingerprint density at radius 2 is 2.17 bits per heavy atom. The Morgan fingerprint density at radius 1 is 1.42 bits per heavy atom. The quantitative estimate of drug-likeness (QED) is 0.554. The van der Waals surface area contributed by atoms with Crippen LogP contribution in [0.1, 0.15) is 6.42 Å². The van der Waals surface area contributed by atoms with Gasteiger partial charge in [-0.2, -0.15) is 0 Å². The summed E-state index contributed by atoms with van der Waals surface area (Å²) in [6, 6.07) is 0. The average Bonchev–Trinajstić information content (AvgIpc) is 2.72. The molecule has 0 radical (unpaired) electrons. The molecule has 64 valence electrons. The van der Waals surface area contributed by atoms with E-state index in [1.165, 1.54) is 0 Å². The molecule has 2 atom stereocenters. The van der Waals surface area contributed by atoms with E-state index in [1.54, 1.807) is 0 Å². The molecule has 0 unspecified atom stereocenters. The summed E-state index contributed by atoms with van der Waals surface area (Å²) in [5.41, 5.74) is 0. The van der Waals surface area contributed by atoms with Gasteiger partial charge in [0.05, 0.1) is 0 Å². The molecule has 0 aromatic rings. The number of allylic oxidation sites excluding steroid dienone is 2. The maximum atomic E-state index is 11.8. The van der Waals surface area contributed by atoms with Gasteiger partial charge in [0, 0.05) is 23.3 Å². The molecule has 3 rings (SSSR count). The zero-order valence-corrected chi connectivity index (χ0v) is 8.29. The smallest absolute Gasteiger partial charge is 0.163 e. The molecule has 1 saturated carbocycles. The Morgan fingerprint density at radius 3 is 2.92 bits per heavy atom. The first-order valence-corrected chi connectivity index (χ1v) is 6.30. The fourth-order valence-electron chi connectivity index (χ4n) is 2.40. The van der Waals surface area contributed by atoms with Crippen molar-refractivity contribution in [3.63, 3.8) is 0 Å². The van der Waals surface area contributed by atoms with E-state index in [0.29, 0.717) is 17.6 Å². The van der Waals surface area contributed by atoms with Crippen LogP contribution in [0.25, 0.3) is 0 Å². The van der Waals surface area contributed by atoms with Crippen LogP contribution in [0.2, 0.25) is 0 Å². The van der Waals surface area contributed by atoms with Gasteiger partial charge in [0.15, 0.2) is 5.78 Å². The third kappa shape index (κ3) is 0.681. The summed E-state index contributed by atoms with van der Waals surface area (Å²) in [5.74, 6) is 3.77. The predicted octanol–water partition coefficient (Wildman–Crippen LogP) is 1.94. The van der Waals surface area contributed by atoms with E-state index < -0.39 is 0 Å². The molecule has 0 bridgehead atoms. The van der Waals surface area contributed by atoms with Crippen molar-refractivity contribution in [1.29, 1.82) is 0 Å². The lowest BCUT2D eigenvalue weighted by atomic mass is 9.73. The van der Waals surface area contributed by atoms with Crippen molar-refractivity contribution in [1.82, 2.24) is 0 Å². The molecule has 1 spiro atoms. The molecule has 0 N–H and O–H groups in total. The van der Waals surface area contributed by atoms with Gasteiger partial charge >= 0.3 is 0 Å². The maximum Gasteiger partial charge on any atom is 0.163 e. The van der Waals surface area contributed by atoms with Crippen LogP contribution in [0, 0.1) is 11.8 Å². The van der Waals surface area contributed by atoms with E-state index in [4.69, 9.17) is 0 Å². The number of thioether (sulfide) groups is 2. The highest BCUT2D eigenvalue weighted by atomic mass is 32.2. The van der Waals surface area contributed by atoms with Crippen molar-refractivity contribution < 1.29 is 4.79 Å². The molecular weight excluding hydrogens is 188 g/mol. The minimum Gasteiger partial charge on any atom is -0.297 e. The first-order valence-electron chi connectivity index (χ1n) is 4.33. The van der Waals surface area contributed by atoms with E-state index in [-0.39, 0.29) is 4.08 Å². The fraction of sp³-hybridized carbons (Fsp3) is 0.667. The van der Waals surface area contributed by atoms with Crippen molar-refractivity contribution in [3.8, 4) is 0 Å². The normalized spacial score (nSPS) is 41.8. The lowest BCUT2D eigenvalue weighted by Gasteiger charge is -2.46. The van der Waals surface area contributed by atoms with Gasteiger partial charge in [-0.25, -0.2) is 0 Å². The van der Waals surface area contributed by atoms with Gasteiger partial charge in [0.1, 0.15) is 4.08 Å². The van der Waals surface area contributed by atoms with E-state index in [2.05, 4.69) is 12.2 Å². The summed E-state index contributed by atoms with van der Waals surface area (Å²) in [5, 5.41) is 0. The second kappa shape index (κ2) is 2.32. The number of fused-ring (bicyclic) bond motifs is 2. The summed E-state index contributed by atoms with van der Waals surface area (Å²) >= 11 is 3.76. The molecule has 2 fully saturated rings. The van der Waals surface area contributed by atoms with Gasteiger partial charge in [-0.05, 0) is 6.42 Å². The molecule has 3 aliphatic rings. The first kappa shape index (κ1) is 7.51. The number of ketones is 1. The summed E-state index contributed by atoms with van der Waals surface area (Å²) in [7, 11) is 0. The third-order valence-corrected chi connectivity index (χ3v) is 6.59. The molecule has 3 heteroatoms. The number of carbonyl (C=O) groups is 1. The number of Topliss-reactive ketones (excluding diaryl/α,β-unsaturated/α-hetero) is 1. The number of carbonyl (C=O) groups excluding carboxylic acids is 1. The highest BCUT2D eigenvalue weighted by Crippen LogP contribution is 2.63. The molecule has 0 aromatic heterocycles. The largest absolute Gasteiger partial charge is 0.297 e. The Balaban J connectivity index is 1.96. The minimum absolute atomic E-state index is 0.0162. The highest BCUT2D eigenvalue weighted by molar-refractivity contribution is 8.22. The minimum atomic E-state index is -0.0162. The van der Waals surface area contributed by atoms with E-state index in [1.807, 2.05) is 23.5 Å². The Kier molecular flexibility index (Phi) is 1.45. The summed E-state index contributed by atoms with van der Waals surface area (Å²) in [6.45, 7) is 0. The van der Waals surface area contributed by atoms with Gasteiger partial charge in [-0.1, -0.05) is 12.2 Å². The van der Waals surface area contributed by atoms with Gasteiger partial charge in [-0.3, -0.25) is 4.79 Å². The van der Waals surface area contributed by atoms with E-state index >= 15 is 0 Å². The van der Waals surface area contributed by atoms with Crippen molar-refractivity contribution in [2.24, 2.45) is 11.8 Å². The van der Waals surface area contributed by atoms with Gasteiger partial charge in [0.25, 0.3) is 0 Å². The van der Waals surface area contributed by atoms with Crippen molar-refractivity contribution in [3.05, 3.63) is 12.2 Å². The molecule has 0 amide bonds. The van der Waals surface area contributed by atoms with Gasteiger partial charge in [-0.15, -0.1) is 23.5 Å². The molecule has 0 aromatic carbocycles. The second-order valence-electron chi connectivity index (χ2n) is 3.52. The van der Waals surface area contributed by atoms with Crippen LogP contribution in [-0.2, 0) is 4.79 Å². The first-order chi connectivity index (χ1) is 5.84. The van der Waals surface area contributed by atoms with Crippen LogP contribution in [0.15, 0.2) is 12.2 Å². The Bertz CT molecular complexity index is 266. The van der Waals surface area contributed by atoms with E-state index in [9.17, 15) is 4.79 Å². The molecule has 1 heterocycles. The molecule has 12 heavy (non-hydrogen) atoms.